The summed E-state index contributed by atoms with van der Waals surface area (Å²) in [4.78, 5) is 35.9. The number of nitro benzene ring substituents is 1. The van der Waals surface area contributed by atoms with Crippen LogP contribution in [-0.4, -0.2) is 30.5 Å². The van der Waals surface area contributed by atoms with Crippen molar-refractivity contribution in [1.29, 1.82) is 5.26 Å². The first-order valence-corrected chi connectivity index (χ1v) is 11.6. The van der Waals surface area contributed by atoms with Gasteiger partial charge in [0, 0.05) is 12.1 Å². The molecule has 0 fully saturated rings. The Labute approximate surface area is 220 Å². The second-order valence-corrected chi connectivity index (χ2v) is 8.14. The number of rotatable bonds is 9. The molecule has 0 bridgehead atoms. The zero-order chi connectivity index (χ0) is 26.9. The van der Waals surface area contributed by atoms with Crippen LogP contribution in [0.3, 0.4) is 0 Å². The first kappa shape index (κ1) is 26.9. The molecule has 0 saturated heterocycles. The molecule has 1 amide bonds. The number of ether oxygens (including phenoxy) is 3. The third-order valence-electron chi connectivity index (χ3n) is 4.85. The highest BCUT2D eigenvalue weighted by Crippen LogP contribution is 2.38. The standard InChI is InChI=1S/C26H20BrN3O7/c1-3-36-23-13-16(12-20(27)24(23)37-26(32)17-7-5-4-6-8-17)11-18(15-28)25(31)29-21-14-19(30(33)34)9-10-22(21)35-2/h4-14H,3H2,1-2H3,(H,29,31)/b18-11+. The lowest BCUT2D eigenvalue weighted by Crippen LogP contribution is -2.14. The molecule has 0 spiro atoms. The van der Waals surface area contributed by atoms with Crippen LogP contribution in [0.5, 0.6) is 17.2 Å². The normalized spacial score (nSPS) is 10.7. The van der Waals surface area contributed by atoms with Crippen molar-refractivity contribution in [2.45, 2.75) is 6.92 Å². The minimum atomic E-state index is -0.810. The van der Waals surface area contributed by atoms with Crippen molar-refractivity contribution in [3.8, 4) is 23.3 Å². The van der Waals surface area contributed by atoms with Crippen LogP contribution < -0.4 is 19.5 Å². The Hall–Kier alpha value is -4.69. The number of benzene rings is 3. The van der Waals surface area contributed by atoms with Crippen LogP contribution >= 0.6 is 15.9 Å². The van der Waals surface area contributed by atoms with E-state index >= 15 is 0 Å². The highest BCUT2D eigenvalue weighted by Gasteiger charge is 2.19. The van der Waals surface area contributed by atoms with Crippen molar-refractivity contribution in [3.05, 3.63) is 92.0 Å². The summed E-state index contributed by atoms with van der Waals surface area (Å²) in [5.74, 6) is -0.867. The Bertz CT molecular complexity index is 1420. The fourth-order valence-corrected chi connectivity index (χ4v) is 3.71. The van der Waals surface area contributed by atoms with E-state index in [4.69, 9.17) is 14.2 Å². The van der Waals surface area contributed by atoms with Gasteiger partial charge >= 0.3 is 5.97 Å². The first-order chi connectivity index (χ1) is 17.8. The lowest BCUT2D eigenvalue weighted by atomic mass is 10.1. The molecule has 0 aliphatic rings. The van der Waals surface area contributed by atoms with Gasteiger partial charge in [0.1, 0.15) is 17.4 Å². The summed E-state index contributed by atoms with van der Waals surface area (Å²) < 4.78 is 16.7. The van der Waals surface area contributed by atoms with E-state index in [2.05, 4.69) is 21.2 Å². The Morgan fingerprint density at radius 1 is 1.14 bits per heavy atom. The lowest BCUT2D eigenvalue weighted by molar-refractivity contribution is -0.384. The summed E-state index contributed by atoms with van der Waals surface area (Å²) >= 11 is 3.36. The number of nitrogens with one attached hydrogen (secondary N) is 1. The van der Waals surface area contributed by atoms with Crippen molar-refractivity contribution in [2.75, 3.05) is 19.0 Å². The van der Waals surface area contributed by atoms with Crippen molar-refractivity contribution < 1.29 is 28.7 Å². The quantitative estimate of drug-likeness (QED) is 0.0891. The second-order valence-electron chi connectivity index (χ2n) is 7.28. The topological polar surface area (TPSA) is 141 Å². The summed E-state index contributed by atoms with van der Waals surface area (Å²) in [6.45, 7) is 2.01. The summed E-state index contributed by atoms with van der Waals surface area (Å²) in [6.07, 6.45) is 1.30. The molecular weight excluding hydrogens is 546 g/mol. The van der Waals surface area contributed by atoms with E-state index in [9.17, 15) is 25.0 Å². The molecular formula is C26H20BrN3O7. The van der Waals surface area contributed by atoms with Gasteiger partial charge in [-0.1, -0.05) is 18.2 Å². The lowest BCUT2D eigenvalue weighted by Gasteiger charge is -2.14. The van der Waals surface area contributed by atoms with Crippen LogP contribution in [0.25, 0.3) is 6.08 Å². The van der Waals surface area contributed by atoms with Crippen molar-refractivity contribution in [1.82, 2.24) is 0 Å². The number of carbonyl (C=O) groups excluding carboxylic acids is 2. The number of carbonyl (C=O) groups is 2. The highest BCUT2D eigenvalue weighted by atomic mass is 79.9. The van der Waals surface area contributed by atoms with Gasteiger partial charge in [-0.2, -0.15) is 5.26 Å². The molecule has 0 unspecified atom stereocenters. The number of methoxy groups -OCH3 is 1. The van der Waals surface area contributed by atoms with Gasteiger partial charge < -0.3 is 19.5 Å². The van der Waals surface area contributed by atoms with E-state index < -0.39 is 16.8 Å². The summed E-state index contributed by atoms with van der Waals surface area (Å²) in [5, 5.41) is 23.2. The zero-order valence-corrected chi connectivity index (χ0v) is 21.3. The smallest absolute Gasteiger partial charge is 0.343 e. The highest BCUT2D eigenvalue weighted by molar-refractivity contribution is 9.10. The van der Waals surface area contributed by atoms with Crippen LogP contribution in [0.1, 0.15) is 22.8 Å². The van der Waals surface area contributed by atoms with E-state index in [1.165, 1.54) is 31.4 Å². The molecule has 0 saturated carbocycles. The Balaban J connectivity index is 1.92. The zero-order valence-electron chi connectivity index (χ0n) is 19.7. The van der Waals surface area contributed by atoms with Gasteiger partial charge in [0.05, 0.1) is 34.4 Å². The van der Waals surface area contributed by atoms with Gasteiger partial charge in [-0.15, -0.1) is 0 Å². The van der Waals surface area contributed by atoms with Gasteiger partial charge in [-0.25, -0.2) is 4.79 Å². The number of nitro groups is 1. The predicted octanol–water partition coefficient (Wildman–Crippen LogP) is 5.53. The second kappa shape index (κ2) is 12.3. The third kappa shape index (κ3) is 6.71. The number of amides is 1. The molecule has 1 N–H and O–H groups in total. The predicted molar refractivity (Wildman–Crippen MR) is 139 cm³/mol. The minimum absolute atomic E-state index is 0.0298. The Kier molecular flexibility index (Phi) is 8.96. The number of nitriles is 1. The largest absolute Gasteiger partial charge is 0.495 e. The van der Waals surface area contributed by atoms with E-state index in [1.54, 1.807) is 43.3 Å². The average Bonchev–Trinajstić information content (AvgIpc) is 2.89. The first-order valence-electron chi connectivity index (χ1n) is 10.8. The van der Waals surface area contributed by atoms with Crippen LogP contribution in [0.2, 0.25) is 0 Å². The number of halogens is 1. The summed E-state index contributed by atoms with van der Waals surface area (Å²) in [6, 6.07) is 17.0. The maximum absolute atomic E-state index is 12.8. The molecule has 3 rings (SSSR count). The fourth-order valence-electron chi connectivity index (χ4n) is 3.17. The van der Waals surface area contributed by atoms with Gasteiger partial charge in [0.15, 0.2) is 11.5 Å². The van der Waals surface area contributed by atoms with Crippen LogP contribution in [0.15, 0.2) is 70.7 Å². The molecule has 0 aliphatic heterocycles. The van der Waals surface area contributed by atoms with E-state index in [0.717, 1.165) is 6.07 Å². The maximum atomic E-state index is 12.8. The molecule has 0 aromatic heterocycles. The molecule has 0 radical (unpaired) electrons. The van der Waals surface area contributed by atoms with Crippen LogP contribution in [-0.2, 0) is 4.79 Å². The van der Waals surface area contributed by atoms with Crippen molar-refractivity contribution in [3.63, 3.8) is 0 Å². The van der Waals surface area contributed by atoms with Gasteiger partial charge in [-0.05, 0) is 64.8 Å². The van der Waals surface area contributed by atoms with Gasteiger partial charge in [0.2, 0.25) is 0 Å². The summed E-state index contributed by atoms with van der Waals surface area (Å²) in [5.41, 5.74) is 0.219. The monoisotopic (exact) mass is 565 g/mol. The number of anilines is 1. The molecule has 3 aromatic carbocycles. The molecule has 0 atom stereocenters. The van der Waals surface area contributed by atoms with E-state index in [0.29, 0.717) is 15.6 Å². The van der Waals surface area contributed by atoms with E-state index in [-0.39, 0.29) is 40.8 Å². The molecule has 11 heteroatoms. The number of nitrogens with zero attached hydrogens (tertiary/aromatic N) is 2. The average molecular weight is 566 g/mol. The van der Waals surface area contributed by atoms with E-state index in [1.807, 2.05) is 6.07 Å². The minimum Gasteiger partial charge on any atom is -0.495 e. The van der Waals surface area contributed by atoms with Gasteiger partial charge in [0.25, 0.3) is 11.6 Å². The Morgan fingerprint density at radius 3 is 2.49 bits per heavy atom. The van der Waals surface area contributed by atoms with Gasteiger partial charge in [-0.3, -0.25) is 14.9 Å². The number of non-ortho nitro benzene ring substituents is 1. The maximum Gasteiger partial charge on any atom is 0.343 e. The molecule has 3 aromatic rings. The van der Waals surface area contributed by atoms with Crippen molar-refractivity contribution >= 4 is 45.3 Å². The summed E-state index contributed by atoms with van der Waals surface area (Å²) in [7, 11) is 1.34. The third-order valence-corrected chi connectivity index (χ3v) is 5.44. The number of hydrogen-bond donors (Lipinski definition) is 1. The number of esters is 1. The van der Waals surface area contributed by atoms with Crippen LogP contribution in [0, 0.1) is 21.4 Å². The number of hydrogen-bond acceptors (Lipinski definition) is 8. The SMILES string of the molecule is CCOc1cc(/C=C(\C#N)C(=O)Nc2cc([N+](=O)[O-])ccc2OC)cc(Br)c1OC(=O)c1ccccc1. The molecule has 188 valence electrons. The molecule has 0 aliphatic carbocycles. The van der Waals surface area contributed by atoms with Crippen LogP contribution in [0.4, 0.5) is 11.4 Å². The molecule has 37 heavy (non-hydrogen) atoms. The Morgan fingerprint density at radius 2 is 1.86 bits per heavy atom. The molecule has 0 heterocycles. The van der Waals surface area contributed by atoms with Crippen molar-refractivity contribution in [2.24, 2.45) is 0 Å². The fraction of sp³-hybridized carbons (Fsp3) is 0.115. The molecule has 10 nitrogen and oxygen atoms in total.